The quantitative estimate of drug-likeness (QED) is 0.784. The van der Waals surface area contributed by atoms with Crippen molar-refractivity contribution in [3.05, 3.63) is 48.3 Å². The van der Waals surface area contributed by atoms with Crippen LogP contribution in [0.5, 0.6) is 0 Å². The Balaban J connectivity index is 0. The smallest absolute Gasteiger partial charge is 0.123 e. The molecule has 0 radical (unpaired) electrons. The van der Waals surface area contributed by atoms with Gasteiger partial charge in [-0.15, -0.1) is 6.58 Å². The van der Waals surface area contributed by atoms with Gasteiger partial charge in [0.05, 0.1) is 7.18 Å². The molecule has 0 aromatic heterocycles. The van der Waals surface area contributed by atoms with Crippen LogP contribution in [0.3, 0.4) is 0 Å². The van der Waals surface area contributed by atoms with Gasteiger partial charge in [-0.05, 0) is 44.6 Å². The zero-order valence-corrected chi connectivity index (χ0v) is 10.3. The van der Waals surface area contributed by atoms with Gasteiger partial charge in [0.1, 0.15) is 5.82 Å². The number of hydrogen-bond acceptors (Lipinski definition) is 1. The minimum Gasteiger partial charge on any atom is -0.319 e. The minimum atomic E-state index is -0.154. The summed E-state index contributed by atoms with van der Waals surface area (Å²) >= 11 is 0. The van der Waals surface area contributed by atoms with Gasteiger partial charge >= 0.3 is 0 Å². The molecule has 1 aromatic carbocycles. The third-order valence-corrected chi connectivity index (χ3v) is 1.55. The summed E-state index contributed by atoms with van der Waals surface area (Å²) in [5.74, 6) is -0.154. The van der Waals surface area contributed by atoms with E-state index in [4.69, 9.17) is 0 Å². The van der Waals surface area contributed by atoms with Crippen LogP contribution in [0.25, 0.3) is 0 Å². The predicted molar refractivity (Wildman–Crippen MR) is 66.9 cm³/mol. The summed E-state index contributed by atoms with van der Waals surface area (Å²) in [4.78, 5) is 0. The summed E-state index contributed by atoms with van der Waals surface area (Å²) in [5.41, 5.74) is 1.04. The summed E-state index contributed by atoms with van der Waals surface area (Å²) in [6, 6.07) is 6.70. The molecule has 3 heteroatoms. The molecule has 0 aliphatic rings. The maximum absolute atomic E-state index is 12.6. The van der Waals surface area contributed by atoms with E-state index in [1.807, 2.05) is 20.0 Å². The molecule has 1 N–H and O–H groups in total. The molecule has 0 aliphatic carbocycles. The summed E-state index contributed by atoms with van der Waals surface area (Å²) in [5, 5.41) is 3.01. The van der Waals surface area contributed by atoms with Gasteiger partial charge in [0, 0.05) is 0 Å². The molecule has 0 unspecified atom stereocenters. The number of halogens is 2. The highest BCUT2D eigenvalue weighted by atomic mass is 19.1. The molecule has 92 valence electrons. The molecule has 0 aliphatic heterocycles. The molecular formula is C13H21F2N. The molecule has 0 amide bonds. The highest BCUT2D eigenvalue weighted by Gasteiger charge is 1.92. The van der Waals surface area contributed by atoms with Crippen LogP contribution in [-0.4, -0.2) is 20.8 Å². The first-order chi connectivity index (χ1) is 7.74. The van der Waals surface area contributed by atoms with Crippen LogP contribution in [-0.2, 0) is 6.42 Å². The van der Waals surface area contributed by atoms with E-state index < -0.39 is 0 Å². The molecule has 1 nitrogen and oxygen atoms in total. The van der Waals surface area contributed by atoms with E-state index in [-0.39, 0.29) is 5.82 Å². The maximum atomic E-state index is 12.6. The monoisotopic (exact) mass is 229 g/mol. The Hall–Kier alpha value is -1.22. The summed E-state index contributed by atoms with van der Waals surface area (Å²) < 4.78 is 22.1. The second-order valence-electron chi connectivity index (χ2n) is 2.89. The first kappa shape index (κ1) is 17.2. The highest BCUT2D eigenvalue weighted by Crippen LogP contribution is 2.02. The average Bonchev–Trinajstić information content (AvgIpc) is 2.30. The van der Waals surface area contributed by atoms with E-state index in [0.29, 0.717) is 7.18 Å². The lowest BCUT2D eigenvalue weighted by Crippen LogP contribution is -2.10. The van der Waals surface area contributed by atoms with E-state index >= 15 is 0 Å². The van der Waals surface area contributed by atoms with Gasteiger partial charge in [0.2, 0.25) is 0 Å². The van der Waals surface area contributed by atoms with Crippen molar-refractivity contribution in [3.8, 4) is 0 Å². The van der Waals surface area contributed by atoms with Crippen molar-refractivity contribution < 1.29 is 8.78 Å². The molecule has 0 fully saturated rings. The SMILES string of the molecule is C=CC.CF.CNCCc1cccc(F)c1. The summed E-state index contributed by atoms with van der Waals surface area (Å²) in [7, 11) is 2.39. The Bertz CT molecular complexity index is 262. The zero-order chi connectivity index (χ0) is 12.8. The van der Waals surface area contributed by atoms with Crippen LogP contribution in [0, 0.1) is 5.82 Å². The second kappa shape index (κ2) is 13.8. The van der Waals surface area contributed by atoms with Crippen molar-refractivity contribution in [2.45, 2.75) is 13.3 Å². The topological polar surface area (TPSA) is 12.0 Å². The number of allylic oxidation sites excluding steroid dienone is 1. The van der Waals surface area contributed by atoms with E-state index in [1.54, 1.807) is 18.2 Å². The first-order valence-electron chi connectivity index (χ1n) is 5.08. The van der Waals surface area contributed by atoms with Crippen molar-refractivity contribution in [1.82, 2.24) is 5.32 Å². The van der Waals surface area contributed by atoms with Crippen molar-refractivity contribution in [3.63, 3.8) is 0 Å². The fourth-order valence-corrected chi connectivity index (χ4v) is 0.962. The Kier molecular flexibility index (Phi) is 14.8. The number of likely N-dealkylation sites (N-methyl/N-ethyl adjacent to an activating group) is 1. The molecule has 0 saturated carbocycles. The molecule has 16 heavy (non-hydrogen) atoms. The number of rotatable bonds is 3. The van der Waals surface area contributed by atoms with E-state index in [1.165, 1.54) is 6.07 Å². The van der Waals surface area contributed by atoms with Crippen molar-refractivity contribution in [2.75, 3.05) is 20.8 Å². The Morgan fingerprint density at radius 2 is 1.94 bits per heavy atom. The predicted octanol–water partition coefficient (Wildman–Crippen LogP) is 3.37. The van der Waals surface area contributed by atoms with E-state index in [2.05, 4.69) is 11.9 Å². The van der Waals surface area contributed by atoms with E-state index in [0.717, 1.165) is 18.5 Å². The van der Waals surface area contributed by atoms with Gasteiger partial charge in [-0.25, -0.2) is 4.39 Å². The van der Waals surface area contributed by atoms with Crippen LogP contribution in [0.2, 0.25) is 0 Å². The Morgan fingerprint density at radius 1 is 1.38 bits per heavy atom. The molecule has 1 rings (SSSR count). The lowest BCUT2D eigenvalue weighted by molar-refractivity contribution is 0.624. The zero-order valence-electron chi connectivity index (χ0n) is 10.3. The van der Waals surface area contributed by atoms with Crippen molar-refractivity contribution in [1.29, 1.82) is 0 Å². The molecule has 1 aromatic rings. The second-order valence-corrected chi connectivity index (χ2v) is 2.89. The maximum Gasteiger partial charge on any atom is 0.123 e. The minimum absolute atomic E-state index is 0.154. The first-order valence-corrected chi connectivity index (χ1v) is 5.08. The standard InChI is InChI=1S/C9H12FN.C3H6.CH3F/c1-11-6-5-8-3-2-4-9(10)7-8;1-3-2;1-2/h2-4,7,11H,5-6H2,1H3;3H,1H2,2H3;1H3. The summed E-state index contributed by atoms with van der Waals surface area (Å²) in [6.07, 6.45) is 2.63. The van der Waals surface area contributed by atoms with Gasteiger partial charge in [0.25, 0.3) is 0 Å². The molecule has 0 atom stereocenters. The lowest BCUT2D eigenvalue weighted by Gasteiger charge is -1.99. The normalized spacial score (nSPS) is 8.06. The number of nitrogens with one attached hydrogen (secondary N) is 1. The van der Waals surface area contributed by atoms with Crippen molar-refractivity contribution >= 4 is 0 Å². The third-order valence-electron chi connectivity index (χ3n) is 1.55. The Labute approximate surface area is 97.2 Å². The molecule has 0 spiro atoms. The Morgan fingerprint density at radius 3 is 2.38 bits per heavy atom. The fourth-order valence-electron chi connectivity index (χ4n) is 0.962. The largest absolute Gasteiger partial charge is 0.319 e. The van der Waals surface area contributed by atoms with E-state index in [9.17, 15) is 8.78 Å². The van der Waals surface area contributed by atoms with Gasteiger partial charge in [0.15, 0.2) is 0 Å². The van der Waals surface area contributed by atoms with Crippen LogP contribution >= 0.6 is 0 Å². The molecule has 0 saturated heterocycles. The summed E-state index contributed by atoms with van der Waals surface area (Å²) in [6.45, 7) is 6.14. The molecular weight excluding hydrogens is 208 g/mol. The fraction of sp³-hybridized carbons (Fsp3) is 0.385. The number of alkyl halides is 1. The molecule has 0 heterocycles. The third kappa shape index (κ3) is 10.9. The van der Waals surface area contributed by atoms with Crippen LogP contribution < -0.4 is 5.32 Å². The lowest BCUT2D eigenvalue weighted by atomic mass is 10.1. The van der Waals surface area contributed by atoms with Crippen LogP contribution in [0.4, 0.5) is 8.78 Å². The molecule has 0 bridgehead atoms. The highest BCUT2D eigenvalue weighted by molar-refractivity contribution is 5.16. The van der Waals surface area contributed by atoms with Gasteiger partial charge < -0.3 is 5.32 Å². The van der Waals surface area contributed by atoms with Crippen molar-refractivity contribution in [2.24, 2.45) is 0 Å². The number of hydrogen-bond donors (Lipinski definition) is 1. The van der Waals surface area contributed by atoms with Crippen LogP contribution in [0.1, 0.15) is 12.5 Å². The van der Waals surface area contributed by atoms with Crippen LogP contribution in [0.15, 0.2) is 36.9 Å². The van der Waals surface area contributed by atoms with Gasteiger partial charge in [-0.2, -0.15) is 0 Å². The van der Waals surface area contributed by atoms with Gasteiger partial charge in [-0.1, -0.05) is 18.2 Å². The van der Waals surface area contributed by atoms with Gasteiger partial charge in [-0.3, -0.25) is 4.39 Å². The number of benzene rings is 1. The average molecular weight is 229 g/mol.